The number of phosphoric acid groups is 1. The molecule has 10 N–H and O–H groups in total. The summed E-state index contributed by atoms with van der Waals surface area (Å²) in [7, 11) is -5.42. The second-order valence-electron chi connectivity index (χ2n) is 12.9. The lowest BCUT2D eigenvalue weighted by Gasteiger charge is -2.32. The number of H-pyrrole nitrogens is 1. The molecule has 0 amide bonds. The SMILES string of the molecule is C=[N+]1c2c(nc(N)[nH]c2=O)NC(C)C1[C@@H](C)Nc1ccc(C[C@H](O)[C@H](O)[C@H](O)CO[C@H]2O[C@H](COP(=O)([O-])O[C@@H](CCC(=O)[O-])C(=O)[O-])[C@@H](O)[C@H]2O)cc1. The molecule has 12 atom stereocenters. The van der Waals surface area contributed by atoms with Gasteiger partial charge in [-0.3, -0.25) is 14.3 Å². The summed E-state index contributed by atoms with van der Waals surface area (Å²) in [5.74, 6) is -3.40. The molecule has 1 fully saturated rings. The van der Waals surface area contributed by atoms with Gasteiger partial charge in [-0.15, -0.1) is 0 Å². The second kappa shape index (κ2) is 18.0. The third-order valence-corrected chi connectivity index (χ3v) is 9.79. The van der Waals surface area contributed by atoms with Gasteiger partial charge in [-0.1, -0.05) is 12.1 Å². The molecule has 0 saturated carbocycles. The first-order chi connectivity index (χ1) is 25.3. The number of nitrogens with two attached hydrogens (primary N) is 1. The van der Waals surface area contributed by atoms with Gasteiger partial charge in [-0.2, -0.15) is 9.56 Å². The number of aliphatic carboxylic acids is 2. The fourth-order valence-electron chi connectivity index (χ4n) is 6.07. The lowest BCUT2D eigenvalue weighted by atomic mass is 9.98. The van der Waals surface area contributed by atoms with Crippen LogP contribution in [0.5, 0.6) is 0 Å². The summed E-state index contributed by atoms with van der Waals surface area (Å²) >= 11 is 0. The van der Waals surface area contributed by atoms with Gasteiger partial charge in [0, 0.05) is 18.1 Å². The molecule has 3 unspecified atom stereocenters. The molecule has 2 aliphatic rings. The Morgan fingerprint density at radius 3 is 2.46 bits per heavy atom. The maximum Gasteiger partial charge on any atom is 0.326 e. The number of anilines is 3. The number of carboxylic acid groups (broad SMARTS) is 2. The number of aromatic amines is 1. The fourth-order valence-corrected chi connectivity index (χ4v) is 6.97. The number of carboxylic acids is 2. The summed E-state index contributed by atoms with van der Waals surface area (Å²) < 4.78 is 33.0. The first kappa shape index (κ1) is 42.7. The van der Waals surface area contributed by atoms with E-state index < -0.39 is 100 Å². The molecule has 0 aliphatic carbocycles. The third kappa shape index (κ3) is 10.8. The Kier molecular flexibility index (Phi) is 14.3. The van der Waals surface area contributed by atoms with Crippen molar-refractivity contribution in [2.75, 3.05) is 29.6 Å². The topological polar surface area (TPSA) is 357 Å². The smallest absolute Gasteiger partial charge is 0.326 e. The second-order valence-corrected chi connectivity index (χ2v) is 14.3. The van der Waals surface area contributed by atoms with Crippen LogP contribution in [0.25, 0.3) is 0 Å². The van der Waals surface area contributed by atoms with E-state index in [1.807, 2.05) is 13.8 Å². The number of nitrogens with one attached hydrogen (secondary N) is 3. The maximum absolute atomic E-state index is 12.5. The Morgan fingerprint density at radius 2 is 1.83 bits per heavy atom. The Labute approximate surface area is 307 Å². The number of hydrogen-bond donors (Lipinski definition) is 9. The summed E-state index contributed by atoms with van der Waals surface area (Å²) in [5, 5.41) is 80.3. The first-order valence-corrected chi connectivity index (χ1v) is 18.1. The van der Waals surface area contributed by atoms with Crippen LogP contribution in [0.4, 0.5) is 23.1 Å². The van der Waals surface area contributed by atoms with Crippen LogP contribution in [0.3, 0.4) is 0 Å². The highest BCUT2D eigenvalue weighted by Crippen LogP contribution is 2.41. The number of phosphoric ester groups is 1. The zero-order chi connectivity index (χ0) is 40.1. The summed E-state index contributed by atoms with van der Waals surface area (Å²) in [4.78, 5) is 52.9. The highest BCUT2D eigenvalue weighted by Gasteiger charge is 2.45. The highest BCUT2D eigenvalue weighted by molar-refractivity contribution is 7.45. The number of fused-ring (bicyclic) bond motifs is 1. The van der Waals surface area contributed by atoms with Crippen LogP contribution in [0.1, 0.15) is 32.3 Å². The quantitative estimate of drug-likeness (QED) is 0.0474. The molecule has 1 aromatic heterocycles. The van der Waals surface area contributed by atoms with Crippen LogP contribution in [0, 0.1) is 0 Å². The van der Waals surface area contributed by atoms with Gasteiger partial charge in [-0.25, -0.2) is 0 Å². The zero-order valence-corrected chi connectivity index (χ0v) is 29.9. The number of aliphatic hydroxyl groups is 5. The van der Waals surface area contributed by atoms with E-state index in [0.717, 1.165) is 0 Å². The number of rotatable bonds is 19. The molecule has 23 heteroatoms. The van der Waals surface area contributed by atoms with E-state index in [0.29, 0.717) is 17.1 Å². The van der Waals surface area contributed by atoms with Gasteiger partial charge in [0.25, 0.3) is 7.82 Å². The molecule has 4 rings (SSSR count). The predicted molar refractivity (Wildman–Crippen MR) is 179 cm³/mol. The minimum absolute atomic E-state index is 0.0214. The molecule has 1 aromatic carbocycles. The van der Waals surface area contributed by atoms with Crippen LogP contribution in [0.15, 0.2) is 29.1 Å². The standard InChI is InChI=1S/C31H45N6O16P/c1-13(22-14(2)34-27-23(37(22)3)28(45)36-31(32)35-27)33-16-6-4-15(5-7-16)10-17(38)24(42)18(39)11-50-30-26(44)25(43)20(52-30)12-51-54(48,49)53-19(29(46)47)8-9-21(40)41/h4-7,13-14,17-20,22,24-26,30,33,38-39,42-44H,3,8-12H2,1-2H3,(H6-,32,34,35,36,40,41,45,46,47,48,49)/p-2/t13-,14?,17+,18-,19+,20-,22?,24+,25-,26-,30+/m1/s1. The van der Waals surface area contributed by atoms with E-state index in [9.17, 15) is 59.6 Å². The monoisotopic (exact) mass is 786 g/mol. The zero-order valence-electron chi connectivity index (χ0n) is 29.0. The Bertz CT molecular complexity index is 1750. The molecular weight excluding hydrogens is 743 g/mol. The lowest BCUT2D eigenvalue weighted by molar-refractivity contribution is -0.484. The third-order valence-electron chi connectivity index (χ3n) is 8.81. The summed E-state index contributed by atoms with van der Waals surface area (Å²) in [6.45, 7) is 6.18. The molecule has 0 radical (unpaired) electrons. The molecule has 22 nitrogen and oxygen atoms in total. The minimum atomic E-state index is -5.42. The van der Waals surface area contributed by atoms with E-state index in [2.05, 4.69) is 36.4 Å². The number of aromatic nitrogens is 2. The van der Waals surface area contributed by atoms with Crippen LogP contribution in [-0.2, 0) is 39.1 Å². The Morgan fingerprint density at radius 1 is 1.17 bits per heavy atom. The lowest BCUT2D eigenvalue weighted by Crippen LogP contribution is -2.52. The van der Waals surface area contributed by atoms with E-state index in [1.54, 1.807) is 28.8 Å². The van der Waals surface area contributed by atoms with Crippen molar-refractivity contribution >= 4 is 49.6 Å². The highest BCUT2D eigenvalue weighted by atomic mass is 31.2. The predicted octanol–water partition coefficient (Wildman–Crippen LogP) is -5.38. The number of nitrogens with zero attached hydrogens (tertiary/aromatic N) is 2. The molecule has 0 spiro atoms. The van der Waals surface area contributed by atoms with Crippen LogP contribution >= 0.6 is 7.82 Å². The molecule has 0 bridgehead atoms. The van der Waals surface area contributed by atoms with E-state index in [1.165, 1.54) is 0 Å². The van der Waals surface area contributed by atoms with Gasteiger partial charge in [0.15, 0.2) is 12.3 Å². The first-order valence-electron chi connectivity index (χ1n) is 16.6. The van der Waals surface area contributed by atoms with Crippen LogP contribution in [0.2, 0.25) is 0 Å². The summed E-state index contributed by atoms with van der Waals surface area (Å²) in [6.07, 6.45) is -15.7. The number of hydrogen-bond acceptors (Lipinski definition) is 20. The van der Waals surface area contributed by atoms with Gasteiger partial charge in [0.1, 0.15) is 43.3 Å². The number of benzene rings is 1. The molecule has 54 heavy (non-hydrogen) atoms. The minimum Gasteiger partial charge on any atom is -0.756 e. The van der Waals surface area contributed by atoms with Crippen molar-refractivity contribution in [1.29, 1.82) is 0 Å². The number of carbonyl (C=O) groups excluding carboxylic acids is 2. The van der Waals surface area contributed by atoms with E-state index in [4.69, 9.17) is 15.2 Å². The molecule has 1 saturated heterocycles. The van der Waals surface area contributed by atoms with Crippen molar-refractivity contribution in [3.05, 3.63) is 40.2 Å². The van der Waals surface area contributed by atoms with Crippen molar-refractivity contribution in [3.63, 3.8) is 0 Å². The number of nitrogen functional groups attached to an aromatic ring is 1. The largest absolute Gasteiger partial charge is 0.756 e. The normalized spacial score (nSPS) is 26.4. The average Bonchev–Trinajstić information content (AvgIpc) is 3.35. The van der Waals surface area contributed by atoms with Crippen LogP contribution in [-0.4, -0.2) is 139 Å². The number of ether oxygens (including phenoxy) is 2. The van der Waals surface area contributed by atoms with E-state index in [-0.39, 0.29) is 36.2 Å². The van der Waals surface area contributed by atoms with Crippen molar-refractivity contribution in [3.8, 4) is 0 Å². The average molecular weight is 787 g/mol. The number of carbonyl (C=O) groups is 2. The van der Waals surface area contributed by atoms with Gasteiger partial charge in [0.2, 0.25) is 11.8 Å². The Hall–Kier alpha value is -4.06. The number of aliphatic hydroxyl groups excluding tert-OH is 5. The summed E-state index contributed by atoms with van der Waals surface area (Å²) in [5.41, 5.74) is 6.78. The maximum atomic E-state index is 12.5. The van der Waals surface area contributed by atoms with Gasteiger partial charge >= 0.3 is 11.2 Å². The molecule has 2 aliphatic heterocycles. The molecular formula is C31H43N6O16P-2. The fraction of sp³-hybridized carbons (Fsp3) is 0.581. The molecule has 3 heterocycles. The van der Waals surface area contributed by atoms with E-state index >= 15 is 0 Å². The van der Waals surface area contributed by atoms with Crippen molar-refractivity contribution in [2.24, 2.45) is 0 Å². The van der Waals surface area contributed by atoms with Crippen LogP contribution < -0.4 is 37.0 Å². The Balaban J connectivity index is 1.24. The molecule has 300 valence electrons. The van der Waals surface area contributed by atoms with Gasteiger partial charge in [-0.05, 0) is 44.4 Å². The van der Waals surface area contributed by atoms with Crippen molar-refractivity contribution in [2.45, 2.75) is 100 Å². The van der Waals surface area contributed by atoms with Crippen molar-refractivity contribution < 1.29 is 77.9 Å². The van der Waals surface area contributed by atoms with Gasteiger partial charge < -0.3 is 85.1 Å². The van der Waals surface area contributed by atoms with Crippen molar-refractivity contribution in [1.82, 2.24) is 9.97 Å². The van der Waals surface area contributed by atoms with Gasteiger partial charge in [0.05, 0.1) is 37.4 Å². The molecule has 2 aromatic rings. The summed E-state index contributed by atoms with van der Waals surface area (Å²) in [6, 6.07) is 6.16.